The van der Waals surface area contributed by atoms with E-state index >= 15 is 0 Å². The predicted octanol–water partition coefficient (Wildman–Crippen LogP) is 4.59. The number of carbonyl (C=O) groups is 2. The van der Waals surface area contributed by atoms with Crippen LogP contribution in [0.4, 0.5) is 11.4 Å². The van der Waals surface area contributed by atoms with Crippen molar-refractivity contribution >= 4 is 29.3 Å². The van der Waals surface area contributed by atoms with E-state index in [1.165, 1.54) is 0 Å². The number of aryl methyl sites for hydroxylation is 2. The van der Waals surface area contributed by atoms with E-state index < -0.39 is 0 Å². The van der Waals surface area contributed by atoms with Gasteiger partial charge in [-0.05, 0) is 54.2 Å². The SMILES string of the molecule is CCc1cccc(CC)c1NC(=O)/C=C/c1ccc(N2CCCC2=O)cc1. The third kappa shape index (κ3) is 4.45. The Morgan fingerprint density at radius 2 is 1.74 bits per heavy atom. The number of rotatable bonds is 6. The second-order valence-corrected chi connectivity index (χ2v) is 6.72. The van der Waals surface area contributed by atoms with Gasteiger partial charge in [-0.3, -0.25) is 9.59 Å². The molecule has 0 spiro atoms. The van der Waals surface area contributed by atoms with E-state index in [0.717, 1.165) is 53.9 Å². The van der Waals surface area contributed by atoms with Gasteiger partial charge in [0, 0.05) is 30.4 Å². The van der Waals surface area contributed by atoms with Crippen molar-refractivity contribution in [2.75, 3.05) is 16.8 Å². The third-order valence-corrected chi connectivity index (χ3v) is 4.95. The second-order valence-electron chi connectivity index (χ2n) is 6.72. The van der Waals surface area contributed by atoms with E-state index in [9.17, 15) is 9.59 Å². The van der Waals surface area contributed by atoms with Crippen molar-refractivity contribution in [1.29, 1.82) is 0 Å². The zero-order chi connectivity index (χ0) is 19.2. The second kappa shape index (κ2) is 8.67. The van der Waals surface area contributed by atoms with Crippen molar-refractivity contribution in [1.82, 2.24) is 0 Å². The Bertz CT molecular complexity index is 831. The molecule has 0 saturated carbocycles. The number of anilines is 2. The Balaban J connectivity index is 1.68. The summed E-state index contributed by atoms with van der Waals surface area (Å²) in [4.78, 5) is 26.0. The highest BCUT2D eigenvalue weighted by Gasteiger charge is 2.21. The molecule has 4 heteroatoms. The molecule has 27 heavy (non-hydrogen) atoms. The Morgan fingerprint density at radius 1 is 1.07 bits per heavy atom. The van der Waals surface area contributed by atoms with Gasteiger partial charge in [-0.25, -0.2) is 0 Å². The van der Waals surface area contributed by atoms with Crippen LogP contribution < -0.4 is 10.2 Å². The average molecular weight is 362 g/mol. The zero-order valence-electron chi connectivity index (χ0n) is 16.0. The summed E-state index contributed by atoms with van der Waals surface area (Å²) in [5, 5.41) is 3.03. The standard InChI is InChI=1S/C23H26N2O2/c1-3-18-7-5-8-19(4-2)23(18)24-21(26)15-12-17-10-13-20(14-11-17)25-16-6-9-22(25)27/h5,7-8,10-15H,3-4,6,9,16H2,1-2H3,(H,24,26)/b15-12+. The van der Waals surface area contributed by atoms with Crippen LogP contribution in [0.1, 0.15) is 43.4 Å². The number of amides is 2. The van der Waals surface area contributed by atoms with Gasteiger partial charge in [-0.15, -0.1) is 0 Å². The lowest BCUT2D eigenvalue weighted by Gasteiger charge is -2.15. The highest BCUT2D eigenvalue weighted by atomic mass is 16.2. The lowest BCUT2D eigenvalue weighted by Crippen LogP contribution is -2.23. The molecule has 2 amide bonds. The minimum Gasteiger partial charge on any atom is -0.322 e. The number of hydrogen-bond donors (Lipinski definition) is 1. The number of para-hydroxylation sites is 1. The molecule has 1 N–H and O–H groups in total. The van der Waals surface area contributed by atoms with Crippen LogP contribution in [0.5, 0.6) is 0 Å². The van der Waals surface area contributed by atoms with Crippen LogP contribution in [0.3, 0.4) is 0 Å². The molecule has 0 bridgehead atoms. The van der Waals surface area contributed by atoms with Crippen molar-refractivity contribution in [2.45, 2.75) is 39.5 Å². The fraction of sp³-hybridized carbons (Fsp3) is 0.304. The number of nitrogens with one attached hydrogen (secondary N) is 1. The maximum absolute atomic E-state index is 12.4. The Kier molecular flexibility index (Phi) is 6.07. The summed E-state index contributed by atoms with van der Waals surface area (Å²) in [6.07, 6.45) is 6.65. The molecular weight excluding hydrogens is 336 g/mol. The summed E-state index contributed by atoms with van der Waals surface area (Å²) in [5.74, 6) is 0.0448. The molecule has 140 valence electrons. The Labute approximate surface area is 160 Å². The topological polar surface area (TPSA) is 49.4 Å². The lowest BCUT2D eigenvalue weighted by atomic mass is 10.0. The number of hydrogen-bond acceptors (Lipinski definition) is 2. The van der Waals surface area contributed by atoms with Gasteiger partial charge in [0.2, 0.25) is 11.8 Å². The Morgan fingerprint density at radius 3 is 2.30 bits per heavy atom. The maximum Gasteiger partial charge on any atom is 0.248 e. The van der Waals surface area contributed by atoms with Gasteiger partial charge in [-0.2, -0.15) is 0 Å². The third-order valence-electron chi connectivity index (χ3n) is 4.95. The summed E-state index contributed by atoms with van der Waals surface area (Å²) >= 11 is 0. The normalized spacial score (nSPS) is 14.1. The minimum atomic E-state index is -0.135. The molecule has 1 saturated heterocycles. The summed E-state index contributed by atoms with van der Waals surface area (Å²) < 4.78 is 0. The molecule has 1 fully saturated rings. The van der Waals surface area contributed by atoms with Gasteiger partial charge in [0.05, 0.1) is 0 Å². The van der Waals surface area contributed by atoms with E-state index in [-0.39, 0.29) is 11.8 Å². The predicted molar refractivity (Wildman–Crippen MR) is 111 cm³/mol. The molecule has 2 aromatic carbocycles. The molecule has 1 heterocycles. The number of carbonyl (C=O) groups excluding carboxylic acids is 2. The van der Waals surface area contributed by atoms with Crippen molar-refractivity contribution in [3.8, 4) is 0 Å². The largest absolute Gasteiger partial charge is 0.322 e. The summed E-state index contributed by atoms with van der Waals surface area (Å²) in [6, 6.07) is 13.9. The quantitative estimate of drug-likeness (QED) is 0.764. The van der Waals surface area contributed by atoms with E-state index in [2.05, 4.69) is 31.3 Å². The highest BCUT2D eigenvalue weighted by Crippen LogP contribution is 2.23. The van der Waals surface area contributed by atoms with Crippen LogP contribution in [0.15, 0.2) is 48.5 Å². The molecule has 3 rings (SSSR count). The van der Waals surface area contributed by atoms with Gasteiger partial charge in [0.25, 0.3) is 0 Å². The monoisotopic (exact) mass is 362 g/mol. The molecule has 1 aliphatic rings. The van der Waals surface area contributed by atoms with Crippen molar-refractivity contribution in [3.63, 3.8) is 0 Å². The van der Waals surface area contributed by atoms with Gasteiger partial charge in [-0.1, -0.05) is 44.2 Å². The van der Waals surface area contributed by atoms with Gasteiger partial charge < -0.3 is 10.2 Å². The van der Waals surface area contributed by atoms with Crippen LogP contribution in [0.25, 0.3) is 6.08 Å². The molecule has 0 atom stereocenters. The van der Waals surface area contributed by atoms with Gasteiger partial charge in [0.1, 0.15) is 0 Å². The van der Waals surface area contributed by atoms with Gasteiger partial charge >= 0.3 is 0 Å². The van der Waals surface area contributed by atoms with Crippen LogP contribution in [-0.2, 0) is 22.4 Å². The van der Waals surface area contributed by atoms with Crippen molar-refractivity contribution in [2.24, 2.45) is 0 Å². The maximum atomic E-state index is 12.4. The fourth-order valence-electron chi connectivity index (χ4n) is 3.43. The molecule has 0 unspecified atom stereocenters. The van der Waals surface area contributed by atoms with Gasteiger partial charge in [0.15, 0.2) is 0 Å². The zero-order valence-corrected chi connectivity index (χ0v) is 16.0. The highest BCUT2D eigenvalue weighted by molar-refractivity contribution is 6.03. The molecule has 1 aliphatic heterocycles. The van der Waals surface area contributed by atoms with Crippen LogP contribution in [0.2, 0.25) is 0 Å². The van der Waals surface area contributed by atoms with Crippen LogP contribution >= 0.6 is 0 Å². The van der Waals surface area contributed by atoms with Crippen molar-refractivity contribution < 1.29 is 9.59 Å². The van der Waals surface area contributed by atoms with Crippen LogP contribution in [0, 0.1) is 0 Å². The van der Waals surface area contributed by atoms with Crippen LogP contribution in [-0.4, -0.2) is 18.4 Å². The smallest absolute Gasteiger partial charge is 0.248 e. The minimum absolute atomic E-state index is 0.135. The average Bonchev–Trinajstić information content (AvgIpc) is 3.13. The lowest BCUT2D eigenvalue weighted by molar-refractivity contribution is -0.117. The first-order valence-corrected chi connectivity index (χ1v) is 9.62. The van der Waals surface area contributed by atoms with E-state index in [1.807, 2.05) is 35.2 Å². The summed E-state index contributed by atoms with van der Waals surface area (Å²) in [6.45, 7) is 4.97. The molecule has 0 radical (unpaired) electrons. The molecule has 2 aromatic rings. The number of benzene rings is 2. The molecule has 0 aromatic heterocycles. The summed E-state index contributed by atoms with van der Waals surface area (Å²) in [5.41, 5.74) is 5.08. The first kappa shape index (κ1) is 18.9. The first-order chi connectivity index (χ1) is 13.1. The fourth-order valence-corrected chi connectivity index (χ4v) is 3.43. The molecular formula is C23H26N2O2. The molecule has 0 aliphatic carbocycles. The summed E-state index contributed by atoms with van der Waals surface area (Å²) in [7, 11) is 0. The molecule has 4 nitrogen and oxygen atoms in total. The van der Waals surface area contributed by atoms with Crippen molar-refractivity contribution in [3.05, 3.63) is 65.2 Å². The number of nitrogens with zero attached hydrogens (tertiary/aromatic N) is 1. The van der Waals surface area contributed by atoms with E-state index in [4.69, 9.17) is 0 Å². The Hall–Kier alpha value is -2.88. The van der Waals surface area contributed by atoms with E-state index in [1.54, 1.807) is 12.2 Å². The van der Waals surface area contributed by atoms with E-state index in [0.29, 0.717) is 6.42 Å². The first-order valence-electron chi connectivity index (χ1n) is 9.62.